The predicted molar refractivity (Wildman–Crippen MR) is 127 cm³/mol. The third kappa shape index (κ3) is 5.19. The third-order valence-corrected chi connectivity index (χ3v) is 5.60. The Bertz CT molecular complexity index is 1200. The van der Waals surface area contributed by atoms with Crippen LogP contribution in [-0.4, -0.2) is 4.98 Å². The van der Waals surface area contributed by atoms with Gasteiger partial charge in [-0.1, -0.05) is 49.4 Å². The average Bonchev–Trinajstić information content (AvgIpc) is 3.31. The van der Waals surface area contributed by atoms with Crippen LogP contribution < -0.4 is 10.1 Å². The SMILES string of the molecule is CCc1ccc(-c2csc(C(C#N)=CNc3ccc(Oc4ccccc4)cc3)n2)cc1. The fourth-order valence-corrected chi connectivity index (χ4v) is 3.78. The molecule has 31 heavy (non-hydrogen) atoms. The van der Waals surface area contributed by atoms with Crippen molar-refractivity contribution in [2.24, 2.45) is 0 Å². The lowest BCUT2D eigenvalue weighted by Crippen LogP contribution is -1.91. The van der Waals surface area contributed by atoms with Crippen LogP contribution in [0.1, 0.15) is 17.5 Å². The monoisotopic (exact) mass is 423 g/mol. The third-order valence-electron chi connectivity index (χ3n) is 4.73. The van der Waals surface area contributed by atoms with Crippen LogP contribution in [0, 0.1) is 11.3 Å². The smallest absolute Gasteiger partial charge is 0.136 e. The minimum absolute atomic E-state index is 0.492. The topological polar surface area (TPSA) is 57.9 Å². The van der Waals surface area contributed by atoms with E-state index in [2.05, 4.69) is 47.6 Å². The first kappa shape index (κ1) is 20.4. The lowest BCUT2D eigenvalue weighted by Gasteiger charge is -2.07. The van der Waals surface area contributed by atoms with Crippen LogP contribution in [0.25, 0.3) is 16.8 Å². The Kier molecular flexibility index (Phi) is 6.41. The molecule has 4 nitrogen and oxygen atoms in total. The van der Waals surface area contributed by atoms with E-state index in [9.17, 15) is 5.26 Å². The quantitative estimate of drug-likeness (QED) is 0.321. The van der Waals surface area contributed by atoms with Crippen molar-refractivity contribution in [3.8, 4) is 28.8 Å². The number of hydrogen-bond donors (Lipinski definition) is 1. The van der Waals surface area contributed by atoms with Gasteiger partial charge in [0.15, 0.2) is 0 Å². The van der Waals surface area contributed by atoms with E-state index in [-0.39, 0.29) is 0 Å². The summed E-state index contributed by atoms with van der Waals surface area (Å²) in [6.07, 6.45) is 2.70. The number of rotatable bonds is 7. The maximum Gasteiger partial charge on any atom is 0.136 e. The number of nitrogens with zero attached hydrogens (tertiary/aromatic N) is 2. The minimum Gasteiger partial charge on any atom is -0.457 e. The number of ether oxygens (including phenoxy) is 1. The van der Waals surface area contributed by atoms with Gasteiger partial charge in [0.05, 0.1) is 5.69 Å². The Morgan fingerprint density at radius 1 is 1.00 bits per heavy atom. The lowest BCUT2D eigenvalue weighted by molar-refractivity contribution is 0.483. The highest BCUT2D eigenvalue weighted by Gasteiger charge is 2.09. The van der Waals surface area contributed by atoms with Crippen LogP contribution in [-0.2, 0) is 6.42 Å². The summed E-state index contributed by atoms with van der Waals surface area (Å²) in [5, 5.41) is 15.4. The maximum absolute atomic E-state index is 9.60. The Balaban J connectivity index is 1.44. The molecule has 5 heteroatoms. The summed E-state index contributed by atoms with van der Waals surface area (Å²) in [7, 11) is 0. The van der Waals surface area contributed by atoms with Crippen molar-refractivity contribution < 1.29 is 4.74 Å². The summed E-state index contributed by atoms with van der Waals surface area (Å²) in [5.74, 6) is 1.54. The van der Waals surface area contributed by atoms with Crippen LogP contribution >= 0.6 is 11.3 Å². The number of allylic oxidation sites excluding steroid dienone is 1. The van der Waals surface area contributed by atoms with Gasteiger partial charge in [0.1, 0.15) is 28.1 Å². The number of hydrogen-bond acceptors (Lipinski definition) is 5. The molecule has 0 saturated carbocycles. The molecule has 1 heterocycles. The lowest BCUT2D eigenvalue weighted by atomic mass is 10.1. The predicted octanol–water partition coefficient (Wildman–Crippen LogP) is 7.14. The molecular weight excluding hydrogens is 402 g/mol. The molecule has 4 rings (SSSR count). The van der Waals surface area contributed by atoms with Crippen molar-refractivity contribution in [1.29, 1.82) is 5.26 Å². The average molecular weight is 424 g/mol. The molecule has 152 valence electrons. The van der Waals surface area contributed by atoms with Crippen molar-refractivity contribution in [3.63, 3.8) is 0 Å². The first-order chi connectivity index (χ1) is 15.2. The van der Waals surface area contributed by atoms with Crippen molar-refractivity contribution in [2.75, 3.05) is 5.32 Å². The second kappa shape index (κ2) is 9.75. The molecule has 0 bridgehead atoms. The van der Waals surface area contributed by atoms with E-state index in [1.807, 2.05) is 60.0 Å². The molecule has 0 unspecified atom stereocenters. The van der Waals surface area contributed by atoms with Crippen LogP contribution in [0.3, 0.4) is 0 Å². The number of anilines is 1. The molecule has 0 radical (unpaired) electrons. The molecule has 0 aliphatic rings. The highest BCUT2D eigenvalue weighted by molar-refractivity contribution is 7.11. The second-order valence-corrected chi connectivity index (χ2v) is 7.70. The molecule has 0 saturated heterocycles. The van der Waals surface area contributed by atoms with E-state index in [0.717, 1.165) is 34.9 Å². The zero-order valence-corrected chi connectivity index (χ0v) is 17.9. The Labute approximate surface area is 186 Å². The number of para-hydroxylation sites is 1. The van der Waals surface area contributed by atoms with E-state index >= 15 is 0 Å². The highest BCUT2D eigenvalue weighted by Crippen LogP contribution is 2.27. The fraction of sp³-hybridized carbons (Fsp3) is 0.0769. The molecule has 1 N–H and O–H groups in total. The van der Waals surface area contributed by atoms with Gasteiger partial charge in [-0.2, -0.15) is 5.26 Å². The van der Waals surface area contributed by atoms with Crippen molar-refractivity contribution >= 4 is 22.6 Å². The minimum atomic E-state index is 0.492. The molecule has 0 aliphatic heterocycles. The molecule has 0 amide bonds. The zero-order valence-electron chi connectivity index (χ0n) is 17.1. The molecule has 1 aromatic heterocycles. The number of thiazole rings is 1. The summed E-state index contributed by atoms with van der Waals surface area (Å²) < 4.78 is 5.80. The molecular formula is C26H21N3OS. The van der Waals surface area contributed by atoms with E-state index in [1.54, 1.807) is 6.20 Å². The van der Waals surface area contributed by atoms with E-state index in [0.29, 0.717) is 10.6 Å². The largest absolute Gasteiger partial charge is 0.457 e. The van der Waals surface area contributed by atoms with Crippen LogP contribution in [0.15, 0.2) is 90.4 Å². The van der Waals surface area contributed by atoms with Gasteiger partial charge in [0.25, 0.3) is 0 Å². The molecule has 0 spiro atoms. The Hall–Kier alpha value is -3.88. The molecule has 4 aromatic rings. The summed E-state index contributed by atoms with van der Waals surface area (Å²) in [5.41, 5.74) is 4.58. The van der Waals surface area contributed by atoms with Crippen LogP contribution in [0.4, 0.5) is 5.69 Å². The van der Waals surface area contributed by atoms with Crippen LogP contribution in [0.5, 0.6) is 11.5 Å². The maximum atomic E-state index is 9.60. The van der Waals surface area contributed by atoms with E-state index in [4.69, 9.17) is 4.74 Å². The van der Waals surface area contributed by atoms with Crippen LogP contribution in [0.2, 0.25) is 0 Å². The van der Waals surface area contributed by atoms with Gasteiger partial charge in [-0.05, 0) is 48.4 Å². The van der Waals surface area contributed by atoms with Gasteiger partial charge in [-0.25, -0.2) is 4.98 Å². The summed E-state index contributed by atoms with van der Waals surface area (Å²) >= 11 is 1.46. The van der Waals surface area contributed by atoms with Crippen molar-refractivity contribution in [1.82, 2.24) is 4.98 Å². The highest BCUT2D eigenvalue weighted by atomic mass is 32.1. The first-order valence-electron chi connectivity index (χ1n) is 10.00. The first-order valence-corrected chi connectivity index (χ1v) is 10.9. The number of nitrogens with one attached hydrogen (secondary N) is 1. The summed E-state index contributed by atoms with van der Waals surface area (Å²) in [6.45, 7) is 2.14. The fourth-order valence-electron chi connectivity index (χ4n) is 2.98. The number of aromatic nitrogens is 1. The normalized spacial score (nSPS) is 11.0. The summed E-state index contributed by atoms with van der Waals surface area (Å²) in [4.78, 5) is 4.65. The molecule has 0 aliphatic carbocycles. The van der Waals surface area contributed by atoms with Crippen molar-refractivity contribution in [2.45, 2.75) is 13.3 Å². The summed E-state index contributed by atoms with van der Waals surface area (Å²) in [6, 6.07) is 27.8. The van der Waals surface area contributed by atoms with E-state index < -0.39 is 0 Å². The second-order valence-electron chi connectivity index (χ2n) is 6.84. The van der Waals surface area contributed by atoms with Crippen molar-refractivity contribution in [3.05, 3.63) is 101 Å². The standard InChI is InChI=1S/C26H21N3OS/c1-2-19-8-10-20(11-9-19)25-18-31-26(29-25)21(16-27)17-28-22-12-14-24(15-13-22)30-23-6-4-3-5-7-23/h3-15,17-18,28H,2H2,1H3. The molecule has 3 aromatic carbocycles. The van der Waals surface area contributed by atoms with E-state index in [1.165, 1.54) is 16.9 Å². The van der Waals surface area contributed by atoms with Gasteiger partial charge < -0.3 is 10.1 Å². The number of benzene rings is 3. The number of nitriles is 1. The van der Waals surface area contributed by atoms with Gasteiger partial charge in [0.2, 0.25) is 0 Å². The Morgan fingerprint density at radius 2 is 1.71 bits per heavy atom. The number of aryl methyl sites for hydroxylation is 1. The van der Waals surface area contributed by atoms with Gasteiger partial charge in [-0.15, -0.1) is 11.3 Å². The van der Waals surface area contributed by atoms with Gasteiger partial charge in [0, 0.05) is 22.8 Å². The van der Waals surface area contributed by atoms with Gasteiger partial charge in [-0.3, -0.25) is 0 Å². The molecule has 0 fully saturated rings. The molecule has 0 atom stereocenters. The Morgan fingerprint density at radius 3 is 2.39 bits per heavy atom. The zero-order chi connectivity index (χ0) is 21.5. The van der Waals surface area contributed by atoms with Gasteiger partial charge >= 0.3 is 0 Å².